The summed E-state index contributed by atoms with van der Waals surface area (Å²) in [5, 5.41) is 12.1. The number of ether oxygens (including phenoxy) is 2. The summed E-state index contributed by atoms with van der Waals surface area (Å²) >= 11 is 1.39. The molecule has 1 fully saturated rings. The topological polar surface area (TPSA) is 78.3 Å². The molecule has 2 aromatic rings. The van der Waals surface area contributed by atoms with Crippen LogP contribution in [-0.4, -0.2) is 38.6 Å². The third kappa shape index (κ3) is 3.95. The van der Waals surface area contributed by atoms with Crippen LogP contribution >= 0.6 is 11.8 Å². The lowest BCUT2D eigenvalue weighted by atomic mass is 10.2. The maximum absolute atomic E-state index is 12.3. The molecule has 2 unspecified atom stereocenters. The van der Waals surface area contributed by atoms with Crippen molar-refractivity contribution in [3.8, 4) is 11.5 Å². The first-order chi connectivity index (χ1) is 13.2. The van der Waals surface area contributed by atoms with E-state index in [1.807, 2.05) is 35.8 Å². The lowest BCUT2D eigenvalue weighted by Gasteiger charge is -2.26. The van der Waals surface area contributed by atoms with Gasteiger partial charge in [-0.15, -0.1) is 16.8 Å². The molecule has 0 radical (unpaired) electrons. The Morgan fingerprint density at radius 1 is 1.41 bits per heavy atom. The van der Waals surface area contributed by atoms with Crippen molar-refractivity contribution in [2.75, 3.05) is 6.61 Å². The summed E-state index contributed by atoms with van der Waals surface area (Å²) < 4.78 is 13.8. The monoisotopic (exact) mass is 386 g/mol. The van der Waals surface area contributed by atoms with Crippen LogP contribution in [0.2, 0.25) is 0 Å². The largest absolute Gasteiger partial charge is 0.485 e. The molecule has 1 amide bonds. The average molecular weight is 386 g/mol. The van der Waals surface area contributed by atoms with Gasteiger partial charge in [-0.3, -0.25) is 9.36 Å². The highest BCUT2D eigenvalue weighted by molar-refractivity contribution is 8.00. The van der Waals surface area contributed by atoms with Crippen molar-refractivity contribution in [2.24, 2.45) is 0 Å². The van der Waals surface area contributed by atoms with E-state index in [4.69, 9.17) is 9.47 Å². The summed E-state index contributed by atoms with van der Waals surface area (Å²) in [6, 6.07) is 7.90. The average Bonchev–Trinajstić information content (AvgIpc) is 3.42. The Balaban J connectivity index is 1.52. The summed E-state index contributed by atoms with van der Waals surface area (Å²) in [6.07, 6.45) is 3.56. The van der Waals surface area contributed by atoms with E-state index in [0.717, 1.165) is 18.6 Å². The third-order valence-corrected chi connectivity index (χ3v) is 5.51. The number of hydrogen-bond donors (Lipinski definition) is 1. The SMILES string of the molecule is C=CCn1c(SC(C)C(=O)NC2CC2)nnc1C1COc2ccccc2O1. The second-order valence-corrected chi connectivity index (χ2v) is 7.96. The van der Waals surface area contributed by atoms with E-state index in [1.165, 1.54) is 11.8 Å². The zero-order valence-electron chi connectivity index (χ0n) is 15.1. The van der Waals surface area contributed by atoms with Crippen molar-refractivity contribution in [1.29, 1.82) is 0 Å². The number of allylic oxidation sites excluding steroid dienone is 1. The van der Waals surface area contributed by atoms with Crippen LogP contribution in [0.15, 0.2) is 42.1 Å². The van der Waals surface area contributed by atoms with Gasteiger partial charge in [0.25, 0.3) is 0 Å². The molecule has 1 aromatic carbocycles. The second-order valence-electron chi connectivity index (χ2n) is 6.65. The van der Waals surface area contributed by atoms with Crippen LogP contribution in [0.5, 0.6) is 11.5 Å². The van der Waals surface area contributed by atoms with E-state index in [0.29, 0.717) is 35.9 Å². The smallest absolute Gasteiger partial charge is 0.233 e. The van der Waals surface area contributed by atoms with Gasteiger partial charge in [0.1, 0.15) is 6.61 Å². The van der Waals surface area contributed by atoms with Gasteiger partial charge in [0.05, 0.1) is 5.25 Å². The summed E-state index contributed by atoms with van der Waals surface area (Å²) in [5.41, 5.74) is 0. The number of rotatable bonds is 7. The number of fused-ring (bicyclic) bond motifs is 1. The molecule has 1 N–H and O–H groups in total. The zero-order chi connectivity index (χ0) is 18.8. The molecule has 2 atom stereocenters. The van der Waals surface area contributed by atoms with E-state index >= 15 is 0 Å². The Morgan fingerprint density at radius 2 is 2.19 bits per heavy atom. The number of benzene rings is 1. The number of carbonyl (C=O) groups excluding carboxylic acids is 1. The minimum Gasteiger partial charge on any atom is -0.485 e. The van der Waals surface area contributed by atoms with Gasteiger partial charge in [0.15, 0.2) is 28.6 Å². The van der Waals surface area contributed by atoms with Gasteiger partial charge in [0, 0.05) is 12.6 Å². The number of aromatic nitrogens is 3. The van der Waals surface area contributed by atoms with Gasteiger partial charge in [-0.1, -0.05) is 30.0 Å². The molecule has 1 aromatic heterocycles. The fourth-order valence-corrected chi connectivity index (χ4v) is 3.71. The maximum Gasteiger partial charge on any atom is 0.233 e. The first kappa shape index (κ1) is 17.9. The molecule has 8 heteroatoms. The predicted molar refractivity (Wildman–Crippen MR) is 102 cm³/mol. The minimum absolute atomic E-state index is 0.0309. The number of nitrogens with zero attached hydrogens (tertiary/aromatic N) is 3. The molecule has 1 aliphatic heterocycles. The van der Waals surface area contributed by atoms with Crippen LogP contribution in [0.1, 0.15) is 31.7 Å². The number of nitrogens with one attached hydrogen (secondary N) is 1. The van der Waals surface area contributed by atoms with E-state index in [9.17, 15) is 4.79 Å². The van der Waals surface area contributed by atoms with E-state index in [1.54, 1.807) is 6.08 Å². The molecule has 0 bridgehead atoms. The van der Waals surface area contributed by atoms with Gasteiger partial charge in [0.2, 0.25) is 5.91 Å². The maximum atomic E-state index is 12.3. The Bertz CT molecular complexity index is 849. The molecule has 0 spiro atoms. The highest BCUT2D eigenvalue weighted by Crippen LogP contribution is 2.36. The van der Waals surface area contributed by atoms with Crippen LogP contribution in [0.25, 0.3) is 0 Å². The molecular formula is C19H22N4O3S. The number of carbonyl (C=O) groups is 1. The molecule has 2 heterocycles. The third-order valence-electron chi connectivity index (χ3n) is 4.43. The van der Waals surface area contributed by atoms with Crippen LogP contribution in [0, 0.1) is 0 Å². The van der Waals surface area contributed by atoms with Crippen molar-refractivity contribution in [1.82, 2.24) is 20.1 Å². The predicted octanol–water partition coefficient (Wildman–Crippen LogP) is 2.74. The summed E-state index contributed by atoms with van der Waals surface area (Å²) in [7, 11) is 0. The summed E-state index contributed by atoms with van der Waals surface area (Å²) in [5.74, 6) is 2.11. The number of hydrogen-bond acceptors (Lipinski definition) is 6. The lowest BCUT2D eigenvalue weighted by Crippen LogP contribution is -2.32. The highest BCUT2D eigenvalue weighted by Gasteiger charge is 2.30. The highest BCUT2D eigenvalue weighted by atomic mass is 32.2. The van der Waals surface area contributed by atoms with Crippen molar-refractivity contribution in [2.45, 2.75) is 48.9 Å². The number of para-hydroxylation sites is 2. The molecule has 1 saturated carbocycles. The first-order valence-electron chi connectivity index (χ1n) is 9.05. The molecule has 4 rings (SSSR count). The van der Waals surface area contributed by atoms with Crippen LogP contribution < -0.4 is 14.8 Å². The van der Waals surface area contributed by atoms with Crippen molar-refractivity contribution in [3.63, 3.8) is 0 Å². The van der Waals surface area contributed by atoms with Crippen LogP contribution in [0.3, 0.4) is 0 Å². The lowest BCUT2D eigenvalue weighted by molar-refractivity contribution is -0.120. The molecule has 0 saturated heterocycles. The van der Waals surface area contributed by atoms with Crippen molar-refractivity contribution < 1.29 is 14.3 Å². The van der Waals surface area contributed by atoms with E-state index < -0.39 is 0 Å². The molecule has 2 aliphatic rings. The van der Waals surface area contributed by atoms with Crippen LogP contribution in [0.4, 0.5) is 0 Å². The van der Waals surface area contributed by atoms with Gasteiger partial charge in [-0.05, 0) is 31.9 Å². The summed E-state index contributed by atoms with van der Waals surface area (Å²) in [6.45, 7) is 6.59. The molecular weight excluding hydrogens is 364 g/mol. The van der Waals surface area contributed by atoms with Crippen LogP contribution in [-0.2, 0) is 11.3 Å². The van der Waals surface area contributed by atoms with Gasteiger partial charge in [-0.2, -0.15) is 0 Å². The molecule has 1 aliphatic carbocycles. The van der Waals surface area contributed by atoms with Crippen molar-refractivity contribution in [3.05, 3.63) is 42.7 Å². The Morgan fingerprint density at radius 3 is 2.93 bits per heavy atom. The van der Waals surface area contributed by atoms with Gasteiger partial charge < -0.3 is 14.8 Å². The second kappa shape index (κ2) is 7.64. The van der Waals surface area contributed by atoms with Gasteiger partial charge in [-0.25, -0.2) is 0 Å². The Hall–Kier alpha value is -2.48. The minimum atomic E-state index is -0.364. The molecule has 142 valence electrons. The Kier molecular flexibility index (Phi) is 5.07. The zero-order valence-corrected chi connectivity index (χ0v) is 15.9. The standard InChI is InChI=1S/C19H22N4O3S/c1-3-10-23-17(16-11-25-14-6-4-5-7-15(14)26-16)21-22-19(23)27-12(2)18(24)20-13-8-9-13/h3-7,12-13,16H,1,8-11H2,2H3,(H,20,24). The fraction of sp³-hybridized carbons (Fsp3) is 0.421. The number of thioether (sulfide) groups is 1. The summed E-state index contributed by atoms with van der Waals surface area (Å²) in [4.78, 5) is 12.3. The Labute approximate surface area is 162 Å². The van der Waals surface area contributed by atoms with Crippen molar-refractivity contribution >= 4 is 17.7 Å². The van der Waals surface area contributed by atoms with Gasteiger partial charge >= 0.3 is 0 Å². The molecule has 27 heavy (non-hydrogen) atoms. The molecule has 7 nitrogen and oxygen atoms in total. The van der Waals surface area contributed by atoms with E-state index in [-0.39, 0.29) is 17.3 Å². The normalized spacial score (nSPS) is 19.4. The van der Waals surface area contributed by atoms with E-state index in [2.05, 4.69) is 22.1 Å². The number of amides is 1. The fourth-order valence-electron chi connectivity index (χ4n) is 2.83. The first-order valence-corrected chi connectivity index (χ1v) is 9.93. The quantitative estimate of drug-likeness (QED) is 0.582.